The molecule has 0 heterocycles. The highest BCUT2D eigenvalue weighted by Gasteiger charge is 1.96. The van der Waals surface area contributed by atoms with Crippen LogP contribution >= 0.6 is 0 Å². The van der Waals surface area contributed by atoms with E-state index in [2.05, 4.69) is 32.9 Å². The number of aryl methyl sites for hydroxylation is 1. The van der Waals surface area contributed by atoms with E-state index in [1.54, 1.807) is 0 Å². The molecular weight excluding hydrogens is 160 g/mol. The van der Waals surface area contributed by atoms with Crippen molar-refractivity contribution in [3.63, 3.8) is 0 Å². The van der Waals surface area contributed by atoms with Gasteiger partial charge in [0, 0.05) is 5.92 Å². The first kappa shape index (κ1) is 10.1. The average Bonchev–Trinajstić information content (AvgIpc) is 2.15. The van der Waals surface area contributed by atoms with Crippen LogP contribution in [0, 0.1) is 5.92 Å². The monoisotopic (exact) mass is 177 g/mol. The molecule has 0 aliphatic rings. The van der Waals surface area contributed by atoms with Gasteiger partial charge in [-0.05, 0) is 24.1 Å². The van der Waals surface area contributed by atoms with Crippen molar-refractivity contribution in [2.45, 2.75) is 27.2 Å². The molecule has 0 saturated heterocycles. The van der Waals surface area contributed by atoms with Gasteiger partial charge in [-0.1, -0.05) is 32.9 Å². The molecule has 1 aromatic rings. The van der Waals surface area contributed by atoms with Crippen LogP contribution in [-0.4, -0.2) is 6.61 Å². The van der Waals surface area contributed by atoms with Crippen LogP contribution in [0.15, 0.2) is 24.3 Å². The maximum absolute atomic E-state index is 5.53. The van der Waals surface area contributed by atoms with Crippen LogP contribution in [0.3, 0.4) is 0 Å². The summed E-state index contributed by atoms with van der Waals surface area (Å²) >= 11 is 0. The normalized spacial score (nSPS) is 10.5. The second-order valence-corrected chi connectivity index (χ2v) is 3.49. The largest absolute Gasteiger partial charge is 0.493 e. The second kappa shape index (κ2) is 4.90. The predicted octanol–water partition coefficient (Wildman–Crippen LogP) is 3.24. The molecular formula is C12H17O. The Morgan fingerprint density at radius 1 is 1.15 bits per heavy atom. The summed E-state index contributed by atoms with van der Waals surface area (Å²) in [5, 5.41) is 0. The molecule has 1 heteroatoms. The third kappa shape index (κ3) is 3.49. The highest BCUT2D eigenvalue weighted by Crippen LogP contribution is 2.13. The molecule has 1 nitrogen and oxygen atoms in total. The Kier molecular flexibility index (Phi) is 3.81. The van der Waals surface area contributed by atoms with Crippen molar-refractivity contribution in [1.29, 1.82) is 0 Å². The Labute approximate surface area is 80.7 Å². The van der Waals surface area contributed by atoms with Gasteiger partial charge in [0.15, 0.2) is 0 Å². The van der Waals surface area contributed by atoms with Crippen LogP contribution in [0.1, 0.15) is 26.3 Å². The Hall–Kier alpha value is -0.980. The minimum absolute atomic E-state index is 0.714. The Morgan fingerprint density at radius 2 is 1.77 bits per heavy atom. The van der Waals surface area contributed by atoms with Gasteiger partial charge in [0.05, 0.1) is 6.61 Å². The molecule has 0 spiro atoms. The van der Waals surface area contributed by atoms with Crippen molar-refractivity contribution < 1.29 is 4.74 Å². The summed E-state index contributed by atoms with van der Waals surface area (Å²) in [6.07, 6.45) is 1.08. The third-order valence-corrected chi connectivity index (χ3v) is 1.86. The number of benzene rings is 1. The minimum atomic E-state index is 0.714. The zero-order chi connectivity index (χ0) is 9.68. The maximum atomic E-state index is 5.53. The third-order valence-electron chi connectivity index (χ3n) is 1.86. The molecule has 1 rings (SSSR count). The molecule has 0 unspecified atom stereocenters. The van der Waals surface area contributed by atoms with Gasteiger partial charge in [-0.15, -0.1) is 0 Å². The van der Waals surface area contributed by atoms with Crippen LogP contribution in [0.5, 0.6) is 5.75 Å². The van der Waals surface area contributed by atoms with E-state index >= 15 is 0 Å². The fourth-order valence-electron chi connectivity index (χ4n) is 1.05. The highest BCUT2D eigenvalue weighted by atomic mass is 16.5. The van der Waals surface area contributed by atoms with E-state index in [0.29, 0.717) is 6.61 Å². The van der Waals surface area contributed by atoms with Crippen molar-refractivity contribution in [3.8, 4) is 5.75 Å². The lowest BCUT2D eigenvalue weighted by Gasteiger charge is -2.08. The van der Waals surface area contributed by atoms with E-state index in [1.165, 1.54) is 11.5 Å². The standard InChI is InChI=1S/C12H17O/c1-4-11-5-7-12(8-6-11)13-9-10(2)3/h5-8H,4,9H2,1-3H3. The summed E-state index contributed by atoms with van der Waals surface area (Å²) in [5.74, 6) is 2.25. The Bertz CT molecular complexity index is 236. The van der Waals surface area contributed by atoms with Crippen LogP contribution in [0.2, 0.25) is 0 Å². The van der Waals surface area contributed by atoms with Crippen molar-refractivity contribution in [1.82, 2.24) is 0 Å². The summed E-state index contributed by atoms with van der Waals surface area (Å²) in [5.41, 5.74) is 1.35. The van der Waals surface area contributed by atoms with Crippen molar-refractivity contribution in [3.05, 3.63) is 35.7 Å². The predicted molar refractivity (Wildman–Crippen MR) is 55.9 cm³/mol. The summed E-state index contributed by atoms with van der Waals surface area (Å²) in [7, 11) is 0. The van der Waals surface area contributed by atoms with Gasteiger partial charge in [0.1, 0.15) is 5.75 Å². The smallest absolute Gasteiger partial charge is 0.119 e. The summed E-state index contributed by atoms with van der Waals surface area (Å²) < 4.78 is 5.53. The van der Waals surface area contributed by atoms with Gasteiger partial charge < -0.3 is 4.74 Å². The lowest BCUT2D eigenvalue weighted by molar-refractivity contribution is 0.332. The van der Waals surface area contributed by atoms with E-state index < -0.39 is 0 Å². The van der Waals surface area contributed by atoms with E-state index in [-0.39, 0.29) is 0 Å². The van der Waals surface area contributed by atoms with Crippen LogP contribution in [0.25, 0.3) is 0 Å². The molecule has 0 aliphatic heterocycles. The first-order valence-corrected chi connectivity index (χ1v) is 4.73. The molecule has 0 amide bonds. The first-order chi connectivity index (χ1) is 6.22. The van der Waals surface area contributed by atoms with Gasteiger partial charge in [0.2, 0.25) is 0 Å². The molecule has 1 aromatic carbocycles. The average molecular weight is 177 g/mol. The number of ether oxygens (including phenoxy) is 1. The lowest BCUT2D eigenvalue weighted by atomic mass is 10.2. The van der Waals surface area contributed by atoms with Crippen LogP contribution in [-0.2, 0) is 6.42 Å². The quantitative estimate of drug-likeness (QED) is 0.686. The Balaban J connectivity index is 2.49. The van der Waals surface area contributed by atoms with E-state index in [1.807, 2.05) is 12.1 Å². The van der Waals surface area contributed by atoms with Gasteiger partial charge in [-0.3, -0.25) is 0 Å². The number of hydrogen-bond acceptors (Lipinski definition) is 1. The SMILES string of the molecule is CCc1ccc(OC[C](C)C)cc1. The van der Waals surface area contributed by atoms with Crippen molar-refractivity contribution in [2.24, 2.45) is 0 Å². The topological polar surface area (TPSA) is 9.23 Å². The molecule has 0 N–H and O–H groups in total. The summed E-state index contributed by atoms with van der Waals surface area (Å²) in [6, 6.07) is 8.28. The van der Waals surface area contributed by atoms with E-state index in [4.69, 9.17) is 4.74 Å². The molecule has 1 radical (unpaired) electrons. The van der Waals surface area contributed by atoms with Crippen molar-refractivity contribution >= 4 is 0 Å². The van der Waals surface area contributed by atoms with Gasteiger partial charge in [-0.25, -0.2) is 0 Å². The molecule has 0 saturated carbocycles. The molecule has 13 heavy (non-hydrogen) atoms. The molecule has 0 bridgehead atoms. The zero-order valence-corrected chi connectivity index (χ0v) is 8.63. The van der Waals surface area contributed by atoms with Crippen LogP contribution in [0.4, 0.5) is 0 Å². The van der Waals surface area contributed by atoms with E-state index in [9.17, 15) is 0 Å². The van der Waals surface area contributed by atoms with Gasteiger partial charge in [-0.2, -0.15) is 0 Å². The van der Waals surface area contributed by atoms with Gasteiger partial charge >= 0.3 is 0 Å². The van der Waals surface area contributed by atoms with Crippen molar-refractivity contribution in [2.75, 3.05) is 6.61 Å². The molecule has 71 valence electrons. The summed E-state index contributed by atoms with van der Waals surface area (Å²) in [6.45, 7) is 7.01. The first-order valence-electron chi connectivity index (χ1n) is 4.73. The Morgan fingerprint density at radius 3 is 2.23 bits per heavy atom. The molecule has 0 aliphatic carbocycles. The number of hydrogen-bond donors (Lipinski definition) is 0. The minimum Gasteiger partial charge on any atom is -0.493 e. The van der Waals surface area contributed by atoms with E-state index in [0.717, 1.165) is 12.2 Å². The van der Waals surface area contributed by atoms with Gasteiger partial charge in [0.25, 0.3) is 0 Å². The van der Waals surface area contributed by atoms with Crippen LogP contribution < -0.4 is 4.74 Å². The summed E-state index contributed by atoms with van der Waals surface area (Å²) in [4.78, 5) is 0. The lowest BCUT2D eigenvalue weighted by Crippen LogP contribution is -2.02. The maximum Gasteiger partial charge on any atom is 0.119 e. The molecule has 0 atom stereocenters. The highest BCUT2D eigenvalue weighted by molar-refractivity contribution is 5.27. The zero-order valence-electron chi connectivity index (χ0n) is 8.63. The molecule has 0 aromatic heterocycles. The molecule has 0 fully saturated rings. The second-order valence-electron chi connectivity index (χ2n) is 3.49. The fraction of sp³-hybridized carbons (Fsp3) is 0.417. The number of rotatable bonds is 4. The fourth-order valence-corrected chi connectivity index (χ4v) is 1.05.